The molecular formula is C20H23FN2O6S2. The summed E-state index contributed by atoms with van der Waals surface area (Å²) in [6, 6.07) is 10.8. The Labute approximate surface area is 181 Å². The Hall–Kier alpha value is -2.34. The van der Waals surface area contributed by atoms with Gasteiger partial charge in [0.25, 0.3) is 5.91 Å². The first-order chi connectivity index (χ1) is 14.7. The van der Waals surface area contributed by atoms with Gasteiger partial charge < -0.3 is 9.64 Å². The fraction of sp³-hybridized carbons (Fsp3) is 0.350. The quantitative estimate of drug-likeness (QED) is 0.606. The summed E-state index contributed by atoms with van der Waals surface area (Å²) in [5.41, 5.74) is 0.302. The Bertz CT molecular complexity index is 1140. The fourth-order valence-electron chi connectivity index (χ4n) is 3.22. The molecule has 0 spiro atoms. The first-order valence-electron chi connectivity index (χ1n) is 9.52. The Morgan fingerprint density at radius 2 is 1.58 bits per heavy atom. The van der Waals surface area contributed by atoms with Crippen LogP contribution in [0.15, 0.2) is 58.3 Å². The number of rotatable bonds is 7. The minimum absolute atomic E-state index is 0.0336. The highest BCUT2D eigenvalue weighted by molar-refractivity contribution is 7.91. The van der Waals surface area contributed by atoms with Crippen LogP contribution in [0.3, 0.4) is 0 Å². The summed E-state index contributed by atoms with van der Waals surface area (Å²) in [6.07, 6.45) is 0. The number of ether oxygens (including phenoxy) is 1. The zero-order valence-corrected chi connectivity index (χ0v) is 18.5. The maximum Gasteiger partial charge on any atom is 0.253 e. The van der Waals surface area contributed by atoms with Crippen LogP contribution < -0.4 is 0 Å². The smallest absolute Gasteiger partial charge is 0.253 e. The van der Waals surface area contributed by atoms with Crippen LogP contribution in [0, 0.1) is 5.82 Å². The van der Waals surface area contributed by atoms with Crippen LogP contribution in [-0.4, -0.2) is 77.6 Å². The number of methoxy groups -OCH3 is 1. The number of hydrogen-bond donors (Lipinski definition) is 0. The van der Waals surface area contributed by atoms with E-state index in [1.54, 1.807) is 0 Å². The Morgan fingerprint density at radius 1 is 0.968 bits per heavy atom. The molecule has 11 heteroatoms. The van der Waals surface area contributed by atoms with Crippen molar-refractivity contribution in [3.63, 3.8) is 0 Å². The molecule has 1 heterocycles. The lowest BCUT2D eigenvalue weighted by Crippen LogP contribution is -2.50. The van der Waals surface area contributed by atoms with Crippen LogP contribution in [0.5, 0.6) is 0 Å². The molecule has 1 aliphatic rings. The van der Waals surface area contributed by atoms with Gasteiger partial charge in [0.05, 0.1) is 17.3 Å². The largest absolute Gasteiger partial charge is 0.384 e. The maximum atomic E-state index is 13.9. The van der Waals surface area contributed by atoms with Crippen molar-refractivity contribution in [3.8, 4) is 0 Å². The third-order valence-electron chi connectivity index (χ3n) is 5.00. The van der Waals surface area contributed by atoms with Crippen molar-refractivity contribution >= 4 is 25.8 Å². The molecule has 0 aromatic heterocycles. The lowest BCUT2D eigenvalue weighted by molar-refractivity contribution is 0.0697. The zero-order chi connectivity index (χ0) is 22.6. The van der Waals surface area contributed by atoms with Crippen LogP contribution in [-0.2, 0) is 24.6 Å². The molecule has 2 aromatic rings. The van der Waals surface area contributed by atoms with Gasteiger partial charge in [0.15, 0.2) is 9.84 Å². The molecule has 1 saturated heterocycles. The van der Waals surface area contributed by atoms with E-state index in [9.17, 15) is 26.0 Å². The number of carbonyl (C=O) groups excluding carboxylic acids is 1. The van der Waals surface area contributed by atoms with Gasteiger partial charge in [-0.15, -0.1) is 0 Å². The Morgan fingerprint density at radius 3 is 2.16 bits per heavy atom. The van der Waals surface area contributed by atoms with Gasteiger partial charge in [0.2, 0.25) is 10.0 Å². The van der Waals surface area contributed by atoms with Gasteiger partial charge in [-0.25, -0.2) is 21.2 Å². The summed E-state index contributed by atoms with van der Waals surface area (Å²) in [5.74, 6) is -1.31. The predicted molar refractivity (Wildman–Crippen MR) is 111 cm³/mol. The van der Waals surface area contributed by atoms with Crippen molar-refractivity contribution in [2.75, 3.05) is 45.6 Å². The van der Waals surface area contributed by atoms with Crippen LogP contribution in [0.25, 0.3) is 0 Å². The van der Waals surface area contributed by atoms with E-state index < -0.39 is 25.7 Å². The van der Waals surface area contributed by atoms with Crippen LogP contribution in [0.4, 0.5) is 4.39 Å². The summed E-state index contributed by atoms with van der Waals surface area (Å²) in [7, 11) is -6.07. The van der Waals surface area contributed by atoms with Crippen LogP contribution in [0.1, 0.15) is 10.4 Å². The monoisotopic (exact) mass is 470 g/mol. The molecule has 0 saturated carbocycles. The summed E-state index contributed by atoms with van der Waals surface area (Å²) >= 11 is 0. The second kappa shape index (κ2) is 9.43. The van der Waals surface area contributed by atoms with Gasteiger partial charge >= 0.3 is 0 Å². The molecule has 0 bridgehead atoms. The number of halogens is 1. The number of hydrogen-bond acceptors (Lipinski definition) is 6. The Kier molecular flexibility index (Phi) is 7.10. The van der Waals surface area contributed by atoms with Gasteiger partial charge in [0.1, 0.15) is 10.7 Å². The van der Waals surface area contributed by atoms with Crippen molar-refractivity contribution < 1.29 is 30.8 Å². The molecule has 2 aromatic carbocycles. The molecule has 8 nitrogen and oxygen atoms in total. The maximum absolute atomic E-state index is 13.9. The van der Waals surface area contributed by atoms with E-state index in [0.29, 0.717) is 5.56 Å². The number of carbonyl (C=O) groups is 1. The number of sulfonamides is 1. The molecular weight excluding hydrogens is 447 g/mol. The van der Waals surface area contributed by atoms with E-state index in [1.807, 2.05) is 0 Å². The van der Waals surface area contributed by atoms with Crippen molar-refractivity contribution in [1.82, 2.24) is 9.21 Å². The van der Waals surface area contributed by atoms with Crippen molar-refractivity contribution in [2.24, 2.45) is 0 Å². The van der Waals surface area contributed by atoms with E-state index in [1.165, 1.54) is 54.5 Å². The summed E-state index contributed by atoms with van der Waals surface area (Å²) in [5, 5.41) is 0. The fourth-order valence-corrected chi connectivity index (χ4v) is 5.88. The third kappa shape index (κ3) is 5.12. The molecule has 0 aliphatic carbocycles. The number of amides is 1. The van der Waals surface area contributed by atoms with E-state index in [4.69, 9.17) is 4.74 Å². The normalized spacial score (nSPS) is 15.7. The first kappa shape index (κ1) is 23.3. The predicted octanol–water partition coefficient (Wildman–Crippen LogP) is 1.39. The molecule has 3 rings (SSSR count). The molecule has 1 fully saturated rings. The van der Waals surface area contributed by atoms with Crippen molar-refractivity contribution in [1.29, 1.82) is 0 Å². The number of sulfone groups is 1. The second-order valence-corrected chi connectivity index (χ2v) is 11.0. The van der Waals surface area contributed by atoms with Gasteiger partial charge in [0, 0.05) is 38.9 Å². The van der Waals surface area contributed by atoms with E-state index >= 15 is 0 Å². The van der Waals surface area contributed by atoms with Gasteiger partial charge in [-0.1, -0.05) is 12.1 Å². The molecule has 0 atom stereocenters. The molecule has 1 aliphatic heterocycles. The van der Waals surface area contributed by atoms with E-state index in [0.717, 1.165) is 10.4 Å². The standard InChI is InChI=1S/C20H23FN2O6S2/c1-29-14-15-30(25,26)17-8-6-16(7-9-17)20(24)22-10-12-23(13-11-22)31(27,28)19-5-3-2-4-18(19)21/h2-9H,10-15H2,1H3. The molecule has 0 radical (unpaired) electrons. The average Bonchev–Trinajstić information content (AvgIpc) is 2.77. The lowest BCUT2D eigenvalue weighted by Gasteiger charge is -2.34. The molecule has 0 unspecified atom stereocenters. The van der Waals surface area contributed by atoms with E-state index in [-0.39, 0.29) is 54.2 Å². The van der Waals surface area contributed by atoms with Crippen LogP contribution in [0.2, 0.25) is 0 Å². The minimum Gasteiger partial charge on any atom is -0.384 e. The molecule has 1 amide bonds. The summed E-state index contributed by atoms with van der Waals surface area (Å²) in [4.78, 5) is 13.9. The SMILES string of the molecule is COCCS(=O)(=O)c1ccc(C(=O)N2CCN(S(=O)(=O)c3ccccc3F)CC2)cc1. The summed E-state index contributed by atoms with van der Waals surface area (Å²) < 4.78 is 69.6. The number of nitrogens with zero attached hydrogens (tertiary/aromatic N) is 2. The highest BCUT2D eigenvalue weighted by Crippen LogP contribution is 2.21. The van der Waals surface area contributed by atoms with Gasteiger partial charge in [-0.05, 0) is 36.4 Å². The topological polar surface area (TPSA) is 101 Å². The van der Waals surface area contributed by atoms with Gasteiger partial charge in [-0.2, -0.15) is 4.31 Å². The Balaban J connectivity index is 1.66. The third-order valence-corrected chi connectivity index (χ3v) is 8.62. The summed E-state index contributed by atoms with van der Waals surface area (Å²) in [6.45, 7) is 0.418. The number of piperazine rings is 1. The average molecular weight is 471 g/mol. The number of benzene rings is 2. The van der Waals surface area contributed by atoms with E-state index in [2.05, 4.69) is 0 Å². The van der Waals surface area contributed by atoms with Crippen molar-refractivity contribution in [2.45, 2.75) is 9.79 Å². The highest BCUT2D eigenvalue weighted by Gasteiger charge is 2.32. The second-order valence-electron chi connectivity index (χ2n) is 6.96. The minimum atomic E-state index is -3.99. The highest BCUT2D eigenvalue weighted by atomic mass is 32.2. The lowest BCUT2D eigenvalue weighted by atomic mass is 10.2. The van der Waals surface area contributed by atoms with Crippen molar-refractivity contribution in [3.05, 3.63) is 59.9 Å². The van der Waals surface area contributed by atoms with Gasteiger partial charge in [-0.3, -0.25) is 4.79 Å². The molecule has 0 N–H and O–H groups in total. The van der Waals surface area contributed by atoms with Crippen LogP contribution >= 0.6 is 0 Å². The molecule has 168 valence electrons. The first-order valence-corrected chi connectivity index (χ1v) is 12.6. The molecule has 31 heavy (non-hydrogen) atoms. The zero-order valence-electron chi connectivity index (χ0n) is 16.9.